The third-order valence-electron chi connectivity index (χ3n) is 5.54. The third kappa shape index (κ3) is 2.75. The van der Waals surface area contributed by atoms with E-state index < -0.39 is 0 Å². The first-order valence-electron chi connectivity index (χ1n) is 8.57. The summed E-state index contributed by atoms with van der Waals surface area (Å²) in [6.07, 6.45) is 0. The van der Waals surface area contributed by atoms with E-state index in [1.807, 2.05) is 29.2 Å². The van der Waals surface area contributed by atoms with Crippen LogP contribution in [-0.2, 0) is 16.1 Å². The lowest BCUT2D eigenvalue weighted by Crippen LogP contribution is -2.52. The molecule has 2 heterocycles. The van der Waals surface area contributed by atoms with Crippen LogP contribution >= 0.6 is 0 Å². The first kappa shape index (κ1) is 15.4. The molecule has 2 saturated heterocycles. The molecule has 128 valence electrons. The van der Waals surface area contributed by atoms with Gasteiger partial charge in [0.2, 0.25) is 11.8 Å². The molecule has 1 aromatic rings. The van der Waals surface area contributed by atoms with Crippen LogP contribution in [0.4, 0.5) is 0 Å². The number of nitrogens with one attached hydrogen (secondary N) is 1. The summed E-state index contributed by atoms with van der Waals surface area (Å²) in [4.78, 5) is 28.6. The average Bonchev–Trinajstić information content (AvgIpc) is 3.08. The fraction of sp³-hybridized carbons (Fsp3) is 0.556. The molecule has 0 bridgehead atoms. The Hall–Kier alpha value is -2.08. The SMILES string of the molecule is COc1ccc(CN2CCN(C(=O)C3[C@H]4CNC[C@@H]34)CC2=O)cc1. The highest BCUT2D eigenvalue weighted by molar-refractivity contribution is 5.89. The molecule has 3 aliphatic rings. The second kappa shape index (κ2) is 6.09. The van der Waals surface area contributed by atoms with E-state index in [1.165, 1.54) is 0 Å². The molecule has 24 heavy (non-hydrogen) atoms. The van der Waals surface area contributed by atoms with Crippen molar-refractivity contribution < 1.29 is 14.3 Å². The number of piperidine rings is 1. The van der Waals surface area contributed by atoms with E-state index in [0.717, 1.165) is 24.4 Å². The second-order valence-electron chi connectivity index (χ2n) is 6.93. The second-order valence-corrected chi connectivity index (χ2v) is 6.93. The van der Waals surface area contributed by atoms with Gasteiger partial charge in [-0.2, -0.15) is 0 Å². The molecule has 1 unspecified atom stereocenters. The maximum Gasteiger partial charge on any atom is 0.242 e. The van der Waals surface area contributed by atoms with E-state index in [1.54, 1.807) is 12.0 Å². The number of benzene rings is 1. The molecule has 0 spiro atoms. The van der Waals surface area contributed by atoms with Crippen molar-refractivity contribution in [2.24, 2.45) is 17.8 Å². The zero-order valence-electron chi connectivity index (χ0n) is 13.9. The smallest absolute Gasteiger partial charge is 0.242 e. The van der Waals surface area contributed by atoms with Gasteiger partial charge in [-0.3, -0.25) is 9.59 Å². The molecule has 4 rings (SSSR count). The van der Waals surface area contributed by atoms with E-state index in [0.29, 0.717) is 31.5 Å². The van der Waals surface area contributed by atoms with Crippen LogP contribution in [0.15, 0.2) is 24.3 Å². The molecule has 1 N–H and O–H groups in total. The van der Waals surface area contributed by atoms with Gasteiger partial charge >= 0.3 is 0 Å². The molecule has 3 atom stereocenters. The summed E-state index contributed by atoms with van der Waals surface area (Å²) < 4.78 is 5.15. The molecule has 1 aliphatic carbocycles. The lowest BCUT2D eigenvalue weighted by molar-refractivity contribution is -0.146. The average molecular weight is 329 g/mol. The minimum absolute atomic E-state index is 0.0364. The Kier molecular flexibility index (Phi) is 3.92. The summed E-state index contributed by atoms with van der Waals surface area (Å²) in [6.45, 7) is 3.96. The highest BCUT2D eigenvalue weighted by Gasteiger charge is 2.58. The predicted molar refractivity (Wildman–Crippen MR) is 88.3 cm³/mol. The quantitative estimate of drug-likeness (QED) is 0.865. The van der Waals surface area contributed by atoms with Crippen molar-refractivity contribution in [1.82, 2.24) is 15.1 Å². The van der Waals surface area contributed by atoms with Gasteiger partial charge in [-0.05, 0) is 42.6 Å². The fourth-order valence-electron chi connectivity index (χ4n) is 4.01. The fourth-order valence-corrected chi connectivity index (χ4v) is 4.01. The molecule has 6 nitrogen and oxygen atoms in total. The summed E-state index contributed by atoms with van der Waals surface area (Å²) in [5, 5.41) is 3.31. The number of hydrogen-bond donors (Lipinski definition) is 1. The normalized spacial score (nSPS) is 28.7. The van der Waals surface area contributed by atoms with Crippen molar-refractivity contribution in [3.63, 3.8) is 0 Å². The van der Waals surface area contributed by atoms with Crippen LogP contribution in [0.2, 0.25) is 0 Å². The zero-order chi connectivity index (χ0) is 16.7. The highest BCUT2D eigenvalue weighted by atomic mass is 16.5. The van der Waals surface area contributed by atoms with E-state index in [4.69, 9.17) is 4.74 Å². The lowest BCUT2D eigenvalue weighted by Gasteiger charge is -2.34. The lowest BCUT2D eigenvalue weighted by atomic mass is 10.1. The molecule has 1 aromatic carbocycles. The number of piperazine rings is 1. The molecule has 2 amide bonds. The van der Waals surface area contributed by atoms with Gasteiger partial charge < -0.3 is 19.9 Å². The van der Waals surface area contributed by atoms with Gasteiger partial charge in [-0.25, -0.2) is 0 Å². The number of amides is 2. The number of ether oxygens (including phenoxy) is 1. The Morgan fingerprint density at radius 2 is 1.92 bits per heavy atom. The van der Waals surface area contributed by atoms with Gasteiger partial charge in [0.15, 0.2) is 0 Å². The van der Waals surface area contributed by atoms with Crippen LogP contribution < -0.4 is 10.1 Å². The Bertz CT molecular complexity index is 635. The van der Waals surface area contributed by atoms with Crippen molar-refractivity contribution in [3.8, 4) is 5.75 Å². The van der Waals surface area contributed by atoms with Crippen molar-refractivity contribution in [2.45, 2.75) is 6.54 Å². The minimum Gasteiger partial charge on any atom is -0.497 e. The number of rotatable bonds is 4. The van der Waals surface area contributed by atoms with Crippen LogP contribution in [0.5, 0.6) is 5.75 Å². The molecule has 0 radical (unpaired) electrons. The maximum absolute atomic E-state index is 12.6. The van der Waals surface area contributed by atoms with Gasteiger partial charge in [0.1, 0.15) is 5.75 Å². The van der Waals surface area contributed by atoms with Gasteiger partial charge in [0.05, 0.1) is 13.7 Å². The molecular formula is C18H23N3O3. The number of hydrogen-bond acceptors (Lipinski definition) is 4. The van der Waals surface area contributed by atoms with Crippen LogP contribution in [0.1, 0.15) is 5.56 Å². The van der Waals surface area contributed by atoms with Gasteiger partial charge in [0.25, 0.3) is 0 Å². The standard InChI is InChI=1S/C18H23N3O3/c1-24-13-4-2-12(3-5-13)10-20-6-7-21(11-16(20)22)18(23)17-14-8-19-9-15(14)17/h2-5,14-15,17,19H,6-11H2,1H3/t14-,15+,17?. The summed E-state index contributed by atoms with van der Waals surface area (Å²) in [5.41, 5.74) is 1.08. The molecule has 0 aromatic heterocycles. The Morgan fingerprint density at radius 3 is 2.54 bits per heavy atom. The number of nitrogens with zero attached hydrogens (tertiary/aromatic N) is 2. The van der Waals surface area contributed by atoms with Crippen LogP contribution in [0.3, 0.4) is 0 Å². The van der Waals surface area contributed by atoms with Crippen molar-refractivity contribution in [2.75, 3.05) is 39.8 Å². The van der Waals surface area contributed by atoms with E-state index in [9.17, 15) is 9.59 Å². The zero-order valence-corrected chi connectivity index (χ0v) is 13.9. The molecule has 6 heteroatoms. The third-order valence-corrected chi connectivity index (χ3v) is 5.54. The summed E-state index contributed by atoms with van der Waals surface area (Å²) in [5.74, 6) is 2.20. The van der Waals surface area contributed by atoms with Crippen molar-refractivity contribution in [3.05, 3.63) is 29.8 Å². The number of methoxy groups -OCH3 is 1. The number of carbonyl (C=O) groups is 2. The van der Waals surface area contributed by atoms with Crippen LogP contribution in [0.25, 0.3) is 0 Å². The highest BCUT2D eigenvalue weighted by Crippen LogP contribution is 2.49. The van der Waals surface area contributed by atoms with Crippen molar-refractivity contribution in [1.29, 1.82) is 0 Å². The number of carbonyl (C=O) groups excluding carboxylic acids is 2. The van der Waals surface area contributed by atoms with E-state index in [-0.39, 0.29) is 24.3 Å². The Balaban J connectivity index is 1.32. The first-order chi connectivity index (χ1) is 11.7. The Labute approximate surface area is 141 Å². The monoisotopic (exact) mass is 329 g/mol. The van der Waals surface area contributed by atoms with E-state index >= 15 is 0 Å². The molecule has 1 saturated carbocycles. The van der Waals surface area contributed by atoms with E-state index in [2.05, 4.69) is 5.32 Å². The molecule has 3 fully saturated rings. The molecular weight excluding hydrogens is 306 g/mol. The van der Waals surface area contributed by atoms with Crippen molar-refractivity contribution >= 4 is 11.8 Å². The maximum atomic E-state index is 12.6. The first-order valence-corrected chi connectivity index (χ1v) is 8.57. The largest absolute Gasteiger partial charge is 0.497 e. The summed E-state index contributed by atoms with van der Waals surface area (Å²) >= 11 is 0. The van der Waals surface area contributed by atoms with Crippen LogP contribution in [0, 0.1) is 17.8 Å². The predicted octanol–water partition coefficient (Wildman–Crippen LogP) is 0.331. The van der Waals surface area contributed by atoms with Gasteiger partial charge in [0, 0.05) is 25.6 Å². The molecule has 2 aliphatic heterocycles. The summed E-state index contributed by atoms with van der Waals surface area (Å²) in [6, 6.07) is 7.75. The Morgan fingerprint density at radius 1 is 1.21 bits per heavy atom. The summed E-state index contributed by atoms with van der Waals surface area (Å²) in [7, 11) is 1.64. The topological polar surface area (TPSA) is 61.9 Å². The number of fused-ring (bicyclic) bond motifs is 1. The minimum atomic E-state index is 0.0364. The van der Waals surface area contributed by atoms with Gasteiger partial charge in [-0.15, -0.1) is 0 Å². The van der Waals surface area contributed by atoms with Crippen LogP contribution in [-0.4, -0.2) is 61.4 Å². The van der Waals surface area contributed by atoms with Gasteiger partial charge in [-0.1, -0.05) is 12.1 Å².